The second-order valence-electron chi connectivity index (χ2n) is 6.23. The molecule has 0 aliphatic carbocycles. The molecule has 1 aliphatic heterocycles. The number of nitrogens with one attached hydrogen (secondary N) is 1. The van der Waals surface area contributed by atoms with Gasteiger partial charge >= 0.3 is 0 Å². The number of rotatable bonds is 6. The number of para-hydroxylation sites is 1. The Bertz CT molecular complexity index is 840. The Hall–Kier alpha value is -2.38. The van der Waals surface area contributed by atoms with Crippen LogP contribution in [0.15, 0.2) is 60.7 Å². The Balaban J connectivity index is 1.79. The molecule has 2 atom stereocenters. The van der Waals surface area contributed by atoms with Crippen molar-refractivity contribution in [2.45, 2.75) is 24.3 Å². The molecular weight excluding hydrogens is 352 g/mol. The van der Waals surface area contributed by atoms with Crippen LogP contribution < -0.4 is 10.1 Å². The van der Waals surface area contributed by atoms with Crippen molar-refractivity contribution in [1.29, 1.82) is 0 Å². The highest BCUT2D eigenvalue weighted by atomic mass is 32.2. The molecule has 3 rings (SSSR count). The highest BCUT2D eigenvalue weighted by Crippen LogP contribution is 2.27. The lowest BCUT2D eigenvalue weighted by Gasteiger charge is -2.22. The number of amides is 1. The molecule has 1 heterocycles. The number of nitrogens with zero attached hydrogens (tertiary/aromatic N) is 1. The number of likely N-dealkylation sites (N-methyl/N-ethyl adjacent to an activating group) is 1. The number of carbonyl (C=O) groups excluding carboxylic acids is 1. The fourth-order valence-corrected chi connectivity index (χ4v) is 4.87. The van der Waals surface area contributed by atoms with Crippen LogP contribution in [0.2, 0.25) is 0 Å². The van der Waals surface area contributed by atoms with Gasteiger partial charge in [0, 0.05) is 13.5 Å². The van der Waals surface area contributed by atoms with Crippen LogP contribution in [0.5, 0.6) is 5.75 Å². The third-order valence-corrected chi connectivity index (χ3v) is 6.18. The minimum atomic E-state index is -3.65. The highest BCUT2D eigenvalue weighted by Gasteiger charge is 2.44. The summed E-state index contributed by atoms with van der Waals surface area (Å²) >= 11 is 0. The van der Waals surface area contributed by atoms with E-state index in [4.69, 9.17) is 4.74 Å². The molecule has 138 valence electrons. The van der Waals surface area contributed by atoms with Crippen molar-refractivity contribution in [2.75, 3.05) is 13.6 Å². The molecule has 2 aromatic rings. The lowest BCUT2D eigenvalue weighted by Crippen LogP contribution is -2.45. The molecule has 7 heteroatoms. The van der Waals surface area contributed by atoms with E-state index in [2.05, 4.69) is 5.32 Å². The molecule has 0 saturated carbocycles. The predicted octanol–water partition coefficient (Wildman–Crippen LogP) is 1.78. The fraction of sp³-hybridized carbons (Fsp3) is 0.316. The molecular formula is C19H22N2O4S. The third-order valence-electron chi connectivity index (χ3n) is 4.36. The van der Waals surface area contributed by atoms with Gasteiger partial charge < -0.3 is 10.1 Å². The van der Waals surface area contributed by atoms with E-state index in [1.54, 1.807) is 24.3 Å². The van der Waals surface area contributed by atoms with E-state index in [0.29, 0.717) is 17.7 Å². The summed E-state index contributed by atoms with van der Waals surface area (Å²) in [7, 11) is -2.14. The molecule has 2 aromatic carbocycles. The average molecular weight is 374 g/mol. The van der Waals surface area contributed by atoms with Gasteiger partial charge in [0.15, 0.2) is 0 Å². The number of carbonyl (C=O) groups is 1. The lowest BCUT2D eigenvalue weighted by atomic mass is 10.2. The van der Waals surface area contributed by atoms with E-state index in [1.807, 2.05) is 36.4 Å². The Morgan fingerprint density at radius 3 is 2.35 bits per heavy atom. The van der Waals surface area contributed by atoms with Crippen LogP contribution in [0.25, 0.3) is 0 Å². The smallest absolute Gasteiger partial charge is 0.238 e. The summed E-state index contributed by atoms with van der Waals surface area (Å²) in [5.41, 5.74) is 0.690. The van der Waals surface area contributed by atoms with Gasteiger partial charge in [0.25, 0.3) is 0 Å². The van der Waals surface area contributed by atoms with E-state index in [-0.39, 0.29) is 24.3 Å². The van der Waals surface area contributed by atoms with Gasteiger partial charge in [-0.3, -0.25) is 4.79 Å². The summed E-state index contributed by atoms with van der Waals surface area (Å²) in [6, 6.07) is 17.4. The Morgan fingerprint density at radius 1 is 1.12 bits per heavy atom. The number of sulfonamides is 1. The fourth-order valence-electron chi connectivity index (χ4n) is 3.13. The van der Waals surface area contributed by atoms with Crippen molar-refractivity contribution in [1.82, 2.24) is 9.62 Å². The summed E-state index contributed by atoms with van der Waals surface area (Å²) in [5.74, 6) is 0.204. The highest BCUT2D eigenvalue weighted by molar-refractivity contribution is 7.88. The van der Waals surface area contributed by atoms with Crippen LogP contribution in [-0.2, 0) is 20.6 Å². The summed E-state index contributed by atoms with van der Waals surface area (Å²) in [5, 5.41) is 2.56. The number of hydrogen-bond donors (Lipinski definition) is 1. The van der Waals surface area contributed by atoms with Crippen LogP contribution in [0.1, 0.15) is 12.0 Å². The first-order valence-electron chi connectivity index (χ1n) is 8.46. The van der Waals surface area contributed by atoms with E-state index < -0.39 is 16.1 Å². The van der Waals surface area contributed by atoms with Crippen molar-refractivity contribution < 1.29 is 17.9 Å². The minimum absolute atomic E-state index is 0.139. The van der Waals surface area contributed by atoms with Gasteiger partial charge in [0.05, 0.1) is 12.3 Å². The largest absolute Gasteiger partial charge is 0.489 e. The summed E-state index contributed by atoms with van der Waals surface area (Å²) in [6.45, 7) is 0.155. The normalized spacial score (nSPS) is 20.7. The molecule has 0 radical (unpaired) electrons. The van der Waals surface area contributed by atoms with Crippen LogP contribution in [-0.4, -0.2) is 44.4 Å². The Labute approximate surface area is 153 Å². The van der Waals surface area contributed by atoms with E-state index in [0.717, 1.165) is 0 Å². The minimum Gasteiger partial charge on any atom is -0.489 e. The lowest BCUT2D eigenvalue weighted by molar-refractivity contribution is -0.123. The molecule has 1 aliphatic rings. The van der Waals surface area contributed by atoms with Crippen LogP contribution in [0.3, 0.4) is 0 Å². The first kappa shape index (κ1) is 18.4. The van der Waals surface area contributed by atoms with Gasteiger partial charge in [0.2, 0.25) is 15.9 Å². The van der Waals surface area contributed by atoms with Crippen molar-refractivity contribution in [3.8, 4) is 5.75 Å². The van der Waals surface area contributed by atoms with Crippen molar-refractivity contribution in [3.05, 3.63) is 66.2 Å². The van der Waals surface area contributed by atoms with Crippen molar-refractivity contribution in [2.24, 2.45) is 0 Å². The Morgan fingerprint density at radius 2 is 1.73 bits per heavy atom. The first-order chi connectivity index (χ1) is 12.5. The van der Waals surface area contributed by atoms with Crippen LogP contribution in [0, 0.1) is 0 Å². The zero-order valence-electron chi connectivity index (χ0n) is 14.5. The summed E-state index contributed by atoms with van der Waals surface area (Å²) < 4.78 is 33.0. The van der Waals surface area contributed by atoms with Crippen molar-refractivity contribution in [3.63, 3.8) is 0 Å². The molecule has 1 N–H and O–H groups in total. The number of hydrogen-bond acceptors (Lipinski definition) is 4. The van der Waals surface area contributed by atoms with E-state index in [1.165, 1.54) is 11.4 Å². The molecule has 0 unspecified atom stereocenters. The maximum atomic E-state index is 12.9. The maximum Gasteiger partial charge on any atom is 0.238 e. The predicted molar refractivity (Wildman–Crippen MR) is 99.1 cm³/mol. The molecule has 0 aromatic heterocycles. The number of benzene rings is 2. The number of ether oxygens (including phenoxy) is 1. The van der Waals surface area contributed by atoms with Gasteiger partial charge in [0.1, 0.15) is 17.9 Å². The molecule has 6 nitrogen and oxygen atoms in total. The molecule has 0 bridgehead atoms. The third kappa shape index (κ3) is 4.23. The quantitative estimate of drug-likeness (QED) is 0.836. The second-order valence-corrected chi connectivity index (χ2v) is 8.15. The van der Waals surface area contributed by atoms with Crippen LogP contribution in [0.4, 0.5) is 0 Å². The topological polar surface area (TPSA) is 75.7 Å². The Kier molecular flexibility index (Phi) is 5.58. The maximum absolute atomic E-state index is 12.9. The SMILES string of the molecule is CNC(=O)[C@H]1C[C@H](Oc2ccccc2)CN1S(=O)(=O)Cc1ccccc1. The zero-order valence-corrected chi connectivity index (χ0v) is 15.4. The van der Waals surface area contributed by atoms with Gasteiger partial charge in [-0.05, 0) is 17.7 Å². The van der Waals surface area contributed by atoms with Gasteiger partial charge in [-0.2, -0.15) is 4.31 Å². The second kappa shape index (κ2) is 7.88. The summed E-state index contributed by atoms with van der Waals surface area (Å²) in [4.78, 5) is 12.2. The van der Waals surface area contributed by atoms with Crippen LogP contribution >= 0.6 is 0 Å². The molecule has 1 fully saturated rings. The van der Waals surface area contributed by atoms with Crippen molar-refractivity contribution >= 4 is 15.9 Å². The van der Waals surface area contributed by atoms with E-state index in [9.17, 15) is 13.2 Å². The van der Waals surface area contributed by atoms with Gasteiger partial charge in [-0.1, -0.05) is 48.5 Å². The van der Waals surface area contributed by atoms with E-state index >= 15 is 0 Å². The standard InChI is InChI=1S/C19H22N2O4S/c1-20-19(22)18-12-17(25-16-10-6-3-7-11-16)13-21(18)26(23,24)14-15-8-4-2-5-9-15/h2-11,17-18H,12-14H2,1H3,(H,20,22)/t17-,18+/m0/s1. The summed E-state index contributed by atoms with van der Waals surface area (Å²) in [6.07, 6.45) is -0.0481. The van der Waals surface area contributed by atoms with Gasteiger partial charge in [-0.15, -0.1) is 0 Å². The van der Waals surface area contributed by atoms with Gasteiger partial charge in [-0.25, -0.2) is 8.42 Å². The average Bonchev–Trinajstić information content (AvgIpc) is 3.07. The molecule has 1 amide bonds. The molecule has 1 saturated heterocycles. The zero-order chi connectivity index (χ0) is 18.6. The molecule has 26 heavy (non-hydrogen) atoms. The monoisotopic (exact) mass is 374 g/mol. The first-order valence-corrected chi connectivity index (χ1v) is 10.1. The molecule has 0 spiro atoms.